The summed E-state index contributed by atoms with van der Waals surface area (Å²) < 4.78 is 5.74. The number of aliphatic hydroxyl groups is 1. The van der Waals surface area contributed by atoms with Gasteiger partial charge in [0.25, 0.3) is 0 Å². The molecule has 2 aromatic rings. The number of benzene rings is 1. The lowest BCUT2D eigenvalue weighted by Crippen LogP contribution is -2.10. The maximum absolute atomic E-state index is 10.5. The topological polar surface area (TPSA) is 42.4 Å². The molecule has 1 N–H and O–H groups in total. The summed E-state index contributed by atoms with van der Waals surface area (Å²) in [5, 5.41) is 10.5. The van der Waals surface area contributed by atoms with Crippen molar-refractivity contribution in [1.29, 1.82) is 0 Å². The largest absolute Gasteiger partial charge is 0.491 e. The van der Waals surface area contributed by atoms with E-state index in [-0.39, 0.29) is 6.10 Å². The van der Waals surface area contributed by atoms with E-state index < -0.39 is 6.10 Å². The molecule has 1 unspecified atom stereocenters. The molecule has 0 bridgehead atoms. The second kappa shape index (κ2) is 5.85. The number of pyridine rings is 1. The molecule has 1 heterocycles. The van der Waals surface area contributed by atoms with Crippen LogP contribution in [0, 0.1) is 6.92 Å². The number of ether oxygens (including phenoxy) is 1. The Bertz CT molecular complexity index is 552. The van der Waals surface area contributed by atoms with Crippen LogP contribution in [0.1, 0.15) is 36.6 Å². The summed E-state index contributed by atoms with van der Waals surface area (Å²) in [5.41, 5.74) is 2.57. The predicted octanol–water partition coefficient (Wildman–Crippen LogP) is 3.26. The number of rotatable bonds is 4. The molecule has 2 rings (SSSR count). The zero-order chi connectivity index (χ0) is 13.8. The van der Waals surface area contributed by atoms with Crippen LogP contribution in [0.25, 0.3) is 0 Å². The first-order chi connectivity index (χ1) is 9.08. The second-order valence-corrected chi connectivity index (χ2v) is 4.90. The van der Waals surface area contributed by atoms with Crippen molar-refractivity contribution in [2.24, 2.45) is 0 Å². The van der Waals surface area contributed by atoms with Crippen molar-refractivity contribution < 1.29 is 9.84 Å². The Balaban J connectivity index is 2.35. The van der Waals surface area contributed by atoms with E-state index >= 15 is 0 Å². The Morgan fingerprint density at radius 2 is 1.89 bits per heavy atom. The minimum atomic E-state index is -0.720. The van der Waals surface area contributed by atoms with Crippen molar-refractivity contribution in [2.45, 2.75) is 33.0 Å². The maximum Gasteiger partial charge on any atom is 0.125 e. The smallest absolute Gasteiger partial charge is 0.125 e. The van der Waals surface area contributed by atoms with Gasteiger partial charge in [-0.2, -0.15) is 0 Å². The zero-order valence-corrected chi connectivity index (χ0v) is 11.5. The van der Waals surface area contributed by atoms with E-state index in [2.05, 4.69) is 4.98 Å². The van der Waals surface area contributed by atoms with Gasteiger partial charge in [0.1, 0.15) is 11.9 Å². The lowest BCUT2D eigenvalue weighted by atomic mass is 10.0. The van der Waals surface area contributed by atoms with Crippen molar-refractivity contribution in [3.8, 4) is 5.75 Å². The zero-order valence-electron chi connectivity index (χ0n) is 11.5. The summed E-state index contributed by atoms with van der Waals surface area (Å²) in [5.74, 6) is 0.714. The molecule has 1 atom stereocenters. The highest BCUT2D eigenvalue weighted by Crippen LogP contribution is 2.30. The SMILES string of the molecule is Cc1cncc(C(O)c2ccccc2OC(C)C)c1. The van der Waals surface area contributed by atoms with Crippen molar-refractivity contribution in [1.82, 2.24) is 4.98 Å². The van der Waals surface area contributed by atoms with Crippen LogP contribution in [0.5, 0.6) is 5.75 Å². The predicted molar refractivity (Wildman–Crippen MR) is 75.2 cm³/mol. The Kier molecular flexibility index (Phi) is 4.17. The molecule has 19 heavy (non-hydrogen) atoms. The van der Waals surface area contributed by atoms with Crippen LogP contribution in [0.3, 0.4) is 0 Å². The fourth-order valence-corrected chi connectivity index (χ4v) is 1.98. The molecule has 3 nitrogen and oxygen atoms in total. The summed E-state index contributed by atoms with van der Waals surface area (Å²) >= 11 is 0. The van der Waals surface area contributed by atoms with Crippen LogP contribution in [0.4, 0.5) is 0 Å². The maximum atomic E-state index is 10.5. The van der Waals surface area contributed by atoms with Crippen molar-refractivity contribution in [2.75, 3.05) is 0 Å². The molecule has 0 radical (unpaired) electrons. The van der Waals surface area contributed by atoms with Gasteiger partial charge in [0.2, 0.25) is 0 Å². The van der Waals surface area contributed by atoms with Crippen LogP contribution in [-0.2, 0) is 0 Å². The number of hydrogen-bond acceptors (Lipinski definition) is 3. The molecule has 0 aliphatic carbocycles. The van der Waals surface area contributed by atoms with Crippen LogP contribution >= 0.6 is 0 Å². The molecule has 100 valence electrons. The van der Waals surface area contributed by atoms with Gasteiger partial charge in [-0.1, -0.05) is 24.3 Å². The minimum absolute atomic E-state index is 0.0731. The third-order valence-corrected chi connectivity index (χ3v) is 2.79. The Morgan fingerprint density at radius 3 is 2.58 bits per heavy atom. The highest BCUT2D eigenvalue weighted by Gasteiger charge is 2.16. The molecule has 0 saturated heterocycles. The van der Waals surface area contributed by atoms with E-state index in [0.717, 1.165) is 16.7 Å². The monoisotopic (exact) mass is 257 g/mol. The first-order valence-electron chi connectivity index (χ1n) is 6.43. The number of nitrogens with zero attached hydrogens (tertiary/aromatic N) is 1. The van der Waals surface area contributed by atoms with E-state index in [1.807, 2.05) is 51.1 Å². The van der Waals surface area contributed by atoms with Crippen LogP contribution < -0.4 is 4.74 Å². The third kappa shape index (κ3) is 3.32. The van der Waals surface area contributed by atoms with E-state index in [9.17, 15) is 5.11 Å². The van der Waals surface area contributed by atoms with Crippen LogP contribution in [-0.4, -0.2) is 16.2 Å². The lowest BCUT2D eigenvalue weighted by Gasteiger charge is -2.18. The molecule has 1 aromatic heterocycles. The first-order valence-corrected chi connectivity index (χ1v) is 6.43. The summed E-state index contributed by atoms with van der Waals surface area (Å²) in [6.45, 7) is 5.90. The van der Waals surface area contributed by atoms with E-state index in [0.29, 0.717) is 5.75 Å². The molecule has 0 fully saturated rings. The molecule has 0 saturated carbocycles. The lowest BCUT2D eigenvalue weighted by molar-refractivity contribution is 0.198. The van der Waals surface area contributed by atoms with Gasteiger partial charge >= 0.3 is 0 Å². The van der Waals surface area contributed by atoms with E-state index in [4.69, 9.17) is 4.74 Å². The second-order valence-electron chi connectivity index (χ2n) is 4.90. The third-order valence-electron chi connectivity index (χ3n) is 2.79. The molecular formula is C16H19NO2. The molecule has 1 aromatic carbocycles. The normalized spacial score (nSPS) is 12.5. The molecule has 0 aliphatic heterocycles. The number of aliphatic hydroxyl groups excluding tert-OH is 1. The van der Waals surface area contributed by atoms with Gasteiger partial charge in [0.15, 0.2) is 0 Å². The average molecular weight is 257 g/mol. The summed E-state index contributed by atoms with van der Waals surface area (Å²) in [4.78, 5) is 4.12. The van der Waals surface area contributed by atoms with E-state index in [1.54, 1.807) is 12.4 Å². The average Bonchev–Trinajstić information content (AvgIpc) is 2.38. The van der Waals surface area contributed by atoms with Crippen LogP contribution in [0.15, 0.2) is 42.7 Å². The molecular weight excluding hydrogens is 238 g/mol. The summed E-state index contributed by atoms with van der Waals surface area (Å²) in [7, 11) is 0. The van der Waals surface area contributed by atoms with Gasteiger partial charge < -0.3 is 9.84 Å². The van der Waals surface area contributed by atoms with Crippen molar-refractivity contribution >= 4 is 0 Å². The van der Waals surface area contributed by atoms with Gasteiger partial charge in [-0.15, -0.1) is 0 Å². The fraction of sp³-hybridized carbons (Fsp3) is 0.312. The number of hydrogen-bond donors (Lipinski definition) is 1. The number of para-hydroxylation sites is 1. The summed E-state index contributed by atoms with van der Waals surface area (Å²) in [6.07, 6.45) is 2.81. The quantitative estimate of drug-likeness (QED) is 0.914. The number of aryl methyl sites for hydroxylation is 1. The molecule has 0 aliphatic rings. The fourth-order valence-electron chi connectivity index (χ4n) is 1.98. The van der Waals surface area contributed by atoms with E-state index in [1.165, 1.54) is 0 Å². The molecule has 3 heteroatoms. The minimum Gasteiger partial charge on any atom is -0.491 e. The molecule has 0 amide bonds. The Morgan fingerprint density at radius 1 is 1.16 bits per heavy atom. The highest BCUT2D eigenvalue weighted by atomic mass is 16.5. The van der Waals surface area contributed by atoms with Gasteiger partial charge in [0, 0.05) is 23.5 Å². The first kappa shape index (κ1) is 13.6. The highest BCUT2D eigenvalue weighted by molar-refractivity contribution is 5.40. The van der Waals surface area contributed by atoms with Gasteiger partial charge in [-0.05, 0) is 32.4 Å². The Hall–Kier alpha value is -1.87. The van der Waals surface area contributed by atoms with Crippen molar-refractivity contribution in [3.05, 3.63) is 59.4 Å². The van der Waals surface area contributed by atoms with Crippen LogP contribution in [0.2, 0.25) is 0 Å². The van der Waals surface area contributed by atoms with Gasteiger partial charge in [0.05, 0.1) is 6.10 Å². The summed E-state index contributed by atoms with van der Waals surface area (Å²) in [6, 6.07) is 9.49. The molecule has 0 spiro atoms. The van der Waals surface area contributed by atoms with Gasteiger partial charge in [-0.3, -0.25) is 4.98 Å². The number of aromatic nitrogens is 1. The standard InChI is InChI=1S/C16H19NO2/c1-11(2)19-15-7-5-4-6-14(15)16(18)13-8-12(3)9-17-10-13/h4-11,16,18H,1-3H3. The Labute approximate surface area is 113 Å². The van der Waals surface area contributed by atoms with Gasteiger partial charge in [-0.25, -0.2) is 0 Å². The van der Waals surface area contributed by atoms with Crippen molar-refractivity contribution in [3.63, 3.8) is 0 Å².